The van der Waals surface area contributed by atoms with Crippen molar-refractivity contribution in [2.45, 2.75) is 38.4 Å². The highest BCUT2D eigenvalue weighted by Gasteiger charge is 2.49. The Morgan fingerprint density at radius 2 is 1.94 bits per heavy atom. The van der Waals surface area contributed by atoms with Crippen LogP contribution < -0.4 is 16.0 Å². The predicted molar refractivity (Wildman–Crippen MR) is 122 cm³/mol. The molecule has 0 saturated carbocycles. The third kappa shape index (κ3) is 7.33. The van der Waals surface area contributed by atoms with Crippen LogP contribution >= 0.6 is 23.2 Å². The summed E-state index contributed by atoms with van der Waals surface area (Å²) < 4.78 is 15.7. The Hall–Kier alpha value is -2.34. The lowest BCUT2D eigenvalue weighted by Crippen LogP contribution is -2.64. The SMILES string of the molecule is CN[C@@H]1C(=O)OB([C@H](CC(C)C)NC(=O)CNC(=O)c2cc(Cl)ccc2Cl)O[C@H]1C(=O)OC. The molecule has 1 aromatic carbocycles. The average Bonchev–Trinajstić information content (AvgIpc) is 2.77. The first-order valence-electron chi connectivity index (χ1n) is 10.2. The lowest BCUT2D eigenvalue weighted by Gasteiger charge is -2.35. The van der Waals surface area contributed by atoms with E-state index in [4.69, 9.17) is 37.2 Å². The molecule has 3 atom stereocenters. The summed E-state index contributed by atoms with van der Waals surface area (Å²) in [7, 11) is 1.43. The molecule has 180 valence electrons. The maximum absolute atomic E-state index is 12.6. The zero-order valence-electron chi connectivity index (χ0n) is 18.6. The van der Waals surface area contributed by atoms with Crippen LogP contribution in [0.25, 0.3) is 0 Å². The Morgan fingerprint density at radius 3 is 2.55 bits per heavy atom. The summed E-state index contributed by atoms with van der Waals surface area (Å²) in [6.07, 6.45) is -0.877. The van der Waals surface area contributed by atoms with Crippen molar-refractivity contribution in [1.82, 2.24) is 16.0 Å². The number of hydrogen-bond donors (Lipinski definition) is 3. The minimum absolute atomic E-state index is 0.0797. The molecule has 1 fully saturated rings. The number of benzene rings is 1. The molecule has 1 aliphatic rings. The molecular weight excluding hydrogens is 476 g/mol. The first-order chi connectivity index (χ1) is 15.6. The van der Waals surface area contributed by atoms with Crippen molar-refractivity contribution in [2.24, 2.45) is 5.92 Å². The maximum atomic E-state index is 12.6. The molecule has 2 rings (SSSR count). The summed E-state index contributed by atoms with van der Waals surface area (Å²) in [5.41, 5.74) is 0.124. The van der Waals surface area contributed by atoms with Crippen molar-refractivity contribution in [3.63, 3.8) is 0 Å². The zero-order chi connectivity index (χ0) is 24.7. The van der Waals surface area contributed by atoms with Gasteiger partial charge in [0.15, 0.2) is 6.10 Å². The Morgan fingerprint density at radius 1 is 1.24 bits per heavy atom. The van der Waals surface area contributed by atoms with Gasteiger partial charge < -0.3 is 30.0 Å². The molecule has 1 aliphatic heterocycles. The van der Waals surface area contributed by atoms with E-state index in [2.05, 4.69) is 16.0 Å². The first kappa shape index (κ1) is 26.9. The van der Waals surface area contributed by atoms with Gasteiger partial charge in [0.25, 0.3) is 5.91 Å². The summed E-state index contributed by atoms with van der Waals surface area (Å²) in [6.45, 7) is 3.43. The van der Waals surface area contributed by atoms with E-state index in [1.54, 1.807) is 0 Å². The van der Waals surface area contributed by atoms with Gasteiger partial charge in [-0.25, -0.2) is 4.79 Å². The van der Waals surface area contributed by atoms with E-state index >= 15 is 0 Å². The van der Waals surface area contributed by atoms with Crippen LogP contribution in [0.3, 0.4) is 0 Å². The Kier molecular flexibility index (Phi) is 9.96. The van der Waals surface area contributed by atoms with E-state index in [1.165, 1.54) is 32.4 Å². The number of ether oxygens (including phenoxy) is 1. The molecule has 10 nitrogen and oxygen atoms in total. The average molecular weight is 502 g/mol. The van der Waals surface area contributed by atoms with E-state index in [0.29, 0.717) is 11.4 Å². The molecule has 0 radical (unpaired) electrons. The summed E-state index contributed by atoms with van der Waals surface area (Å²) in [4.78, 5) is 49.4. The van der Waals surface area contributed by atoms with Crippen LogP contribution in [0, 0.1) is 5.92 Å². The second-order valence-corrected chi connectivity index (χ2v) is 8.61. The number of esters is 1. The van der Waals surface area contributed by atoms with Crippen molar-refractivity contribution in [1.29, 1.82) is 0 Å². The number of hydrogen-bond acceptors (Lipinski definition) is 8. The second kappa shape index (κ2) is 12.2. The summed E-state index contributed by atoms with van der Waals surface area (Å²) in [5, 5.41) is 8.33. The van der Waals surface area contributed by atoms with Crippen molar-refractivity contribution < 1.29 is 33.2 Å². The lowest BCUT2D eigenvalue weighted by molar-refractivity contribution is -0.163. The van der Waals surface area contributed by atoms with Crippen LogP contribution in [0.15, 0.2) is 18.2 Å². The second-order valence-electron chi connectivity index (χ2n) is 7.76. The molecule has 13 heteroatoms. The minimum Gasteiger partial charge on any atom is -0.507 e. The number of nitrogens with one attached hydrogen (secondary N) is 3. The predicted octanol–water partition coefficient (Wildman–Crippen LogP) is 0.984. The maximum Gasteiger partial charge on any atom is 0.552 e. The van der Waals surface area contributed by atoms with Gasteiger partial charge in [-0.15, -0.1) is 0 Å². The monoisotopic (exact) mass is 501 g/mol. The molecule has 1 saturated heterocycles. The highest BCUT2D eigenvalue weighted by Crippen LogP contribution is 2.21. The van der Waals surface area contributed by atoms with Gasteiger partial charge >= 0.3 is 19.1 Å². The molecule has 0 unspecified atom stereocenters. The normalized spacial score (nSPS) is 19.0. The number of likely N-dealkylation sites (N-methyl/N-ethyl adjacent to an activating group) is 1. The smallest absolute Gasteiger partial charge is 0.507 e. The number of carbonyl (C=O) groups excluding carboxylic acids is 4. The van der Waals surface area contributed by atoms with Gasteiger partial charge in [0, 0.05) is 5.02 Å². The third-order valence-electron chi connectivity index (χ3n) is 4.80. The van der Waals surface area contributed by atoms with Gasteiger partial charge in [-0.3, -0.25) is 14.4 Å². The van der Waals surface area contributed by atoms with Gasteiger partial charge in [0.1, 0.15) is 6.04 Å². The van der Waals surface area contributed by atoms with Crippen molar-refractivity contribution in [3.8, 4) is 0 Å². The first-order valence-corrected chi connectivity index (χ1v) is 11.0. The van der Waals surface area contributed by atoms with Gasteiger partial charge in [-0.1, -0.05) is 37.0 Å². The summed E-state index contributed by atoms with van der Waals surface area (Å²) in [5.74, 6) is -3.31. The number of carbonyl (C=O) groups is 4. The van der Waals surface area contributed by atoms with E-state index in [9.17, 15) is 19.2 Å². The van der Waals surface area contributed by atoms with E-state index < -0.39 is 49.0 Å². The highest BCUT2D eigenvalue weighted by molar-refractivity contribution is 6.50. The summed E-state index contributed by atoms with van der Waals surface area (Å²) >= 11 is 11.9. The molecule has 33 heavy (non-hydrogen) atoms. The molecule has 3 N–H and O–H groups in total. The number of rotatable bonds is 9. The fourth-order valence-corrected chi connectivity index (χ4v) is 3.62. The van der Waals surface area contributed by atoms with Gasteiger partial charge in [0.2, 0.25) is 5.91 Å². The largest absolute Gasteiger partial charge is 0.552 e. The summed E-state index contributed by atoms with van der Waals surface area (Å²) in [6, 6.07) is 3.35. The molecule has 0 spiro atoms. The van der Waals surface area contributed by atoms with Crippen LogP contribution in [0.1, 0.15) is 30.6 Å². The standard InChI is InChI=1S/C20H26BCl2N3O7/c1-10(2)7-14(21-32-17(20(30)31-4)16(24-3)19(29)33-21)26-15(27)9-25-18(28)12-8-11(22)5-6-13(12)23/h5-6,8,10,14,16-17,24H,7,9H2,1-4H3,(H,25,28)(H,26,27)/t14-,16-,17+/m0/s1. The van der Waals surface area contributed by atoms with E-state index in [0.717, 1.165) is 0 Å². The fourth-order valence-electron chi connectivity index (χ4n) is 3.25. The Balaban J connectivity index is 2.07. The third-order valence-corrected chi connectivity index (χ3v) is 5.36. The van der Waals surface area contributed by atoms with Crippen molar-refractivity contribution in [3.05, 3.63) is 33.8 Å². The molecule has 0 aromatic heterocycles. The van der Waals surface area contributed by atoms with E-state index in [1.807, 2.05) is 13.8 Å². The molecule has 0 aliphatic carbocycles. The lowest BCUT2D eigenvalue weighted by atomic mass is 9.72. The van der Waals surface area contributed by atoms with E-state index in [-0.39, 0.29) is 23.0 Å². The molecule has 0 bridgehead atoms. The van der Waals surface area contributed by atoms with Crippen LogP contribution in [0.5, 0.6) is 0 Å². The number of methoxy groups -OCH3 is 1. The molecular formula is C20H26BCl2N3O7. The molecule has 2 amide bonds. The fraction of sp³-hybridized carbons (Fsp3) is 0.500. The molecule has 1 heterocycles. The van der Waals surface area contributed by atoms with Crippen LogP contribution in [0.2, 0.25) is 10.0 Å². The highest BCUT2D eigenvalue weighted by atomic mass is 35.5. The van der Waals surface area contributed by atoms with Gasteiger partial charge in [-0.2, -0.15) is 0 Å². The zero-order valence-corrected chi connectivity index (χ0v) is 20.2. The molecule has 1 aromatic rings. The Bertz CT molecular complexity index is 902. The van der Waals surface area contributed by atoms with Crippen LogP contribution in [-0.2, 0) is 28.4 Å². The van der Waals surface area contributed by atoms with Gasteiger partial charge in [-0.05, 0) is 37.6 Å². The minimum atomic E-state index is -1.25. The van der Waals surface area contributed by atoms with Crippen LogP contribution in [-0.4, -0.2) is 69.7 Å². The van der Waals surface area contributed by atoms with Crippen molar-refractivity contribution >= 4 is 54.1 Å². The van der Waals surface area contributed by atoms with Crippen molar-refractivity contribution in [2.75, 3.05) is 20.7 Å². The number of halogens is 2. The van der Waals surface area contributed by atoms with Gasteiger partial charge in [0.05, 0.1) is 30.2 Å². The Labute approximate surface area is 202 Å². The topological polar surface area (TPSA) is 132 Å². The quantitative estimate of drug-likeness (QED) is 0.337. The number of amides is 2. The van der Waals surface area contributed by atoms with Crippen LogP contribution in [0.4, 0.5) is 0 Å².